The Bertz CT molecular complexity index is 337. The zero-order valence-corrected chi connectivity index (χ0v) is 14.2. The van der Waals surface area contributed by atoms with Crippen LogP contribution in [0.4, 0.5) is 4.79 Å². The minimum Gasteiger partial charge on any atom is -0.444 e. The first-order valence-electron chi connectivity index (χ1n) is 7.96. The van der Waals surface area contributed by atoms with E-state index in [4.69, 9.17) is 9.84 Å². The Morgan fingerprint density at radius 1 is 1.33 bits per heavy atom. The minimum absolute atomic E-state index is 0.0735. The highest BCUT2D eigenvalue weighted by Gasteiger charge is 2.32. The fourth-order valence-electron chi connectivity index (χ4n) is 2.58. The summed E-state index contributed by atoms with van der Waals surface area (Å²) in [5.41, 5.74) is -0.370. The van der Waals surface area contributed by atoms with Gasteiger partial charge in [-0.3, -0.25) is 0 Å². The summed E-state index contributed by atoms with van der Waals surface area (Å²) >= 11 is 0. The lowest BCUT2D eigenvalue weighted by Gasteiger charge is -2.30. The van der Waals surface area contributed by atoms with Gasteiger partial charge in [0.1, 0.15) is 5.60 Å². The number of hydrogen-bond acceptors (Lipinski definition) is 4. The number of carbonyl (C=O) groups is 1. The van der Waals surface area contributed by atoms with Crippen molar-refractivity contribution in [3.05, 3.63) is 0 Å². The molecule has 1 rings (SSSR count). The Kier molecular flexibility index (Phi) is 6.47. The lowest BCUT2D eigenvalue weighted by Crippen LogP contribution is -2.45. The van der Waals surface area contributed by atoms with E-state index < -0.39 is 5.60 Å². The second-order valence-corrected chi connectivity index (χ2v) is 7.74. The van der Waals surface area contributed by atoms with Gasteiger partial charge in [0.2, 0.25) is 0 Å². The fourth-order valence-corrected chi connectivity index (χ4v) is 2.58. The van der Waals surface area contributed by atoms with E-state index in [9.17, 15) is 4.79 Å². The number of nitrogens with one attached hydrogen (secondary N) is 1. The lowest BCUT2D eigenvalue weighted by atomic mass is 9.90. The van der Waals surface area contributed by atoms with Crippen LogP contribution in [0.15, 0.2) is 0 Å². The highest BCUT2D eigenvalue weighted by Crippen LogP contribution is 2.21. The molecule has 1 aliphatic rings. The zero-order valence-electron chi connectivity index (χ0n) is 14.2. The maximum Gasteiger partial charge on any atom is 0.410 e. The molecule has 124 valence electrons. The Morgan fingerprint density at radius 2 is 2.00 bits per heavy atom. The summed E-state index contributed by atoms with van der Waals surface area (Å²) in [7, 11) is 0. The molecule has 1 fully saturated rings. The van der Waals surface area contributed by atoms with Crippen molar-refractivity contribution >= 4 is 6.09 Å². The van der Waals surface area contributed by atoms with Crippen LogP contribution in [0.2, 0.25) is 0 Å². The number of hydrogen-bond donors (Lipinski definition) is 2. The molecule has 1 heterocycles. The average molecular weight is 300 g/mol. The summed E-state index contributed by atoms with van der Waals surface area (Å²) in [5.74, 6) is 0. The topological polar surface area (TPSA) is 61.8 Å². The molecular weight excluding hydrogens is 268 g/mol. The Labute approximate surface area is 129 Å². The minimum atomic E-state index is -0.444. The van der Waals surface area contributed by atoms with Crippen LogP contribution in [0, 0.1) is 5.41 Å². The molecule has 0 aliphatic carbocycles. The summed E-state index contributed by atoms with van der Waals surface area (Å²) in [5, 5.41) is 12.5. The van der Waals surface area contributed by atoms with Crippen molar-refractivity contribution in [1.29, 1.82) is 0 Å². The van der Waals surface area contributed by atoms with Crippen LogP contribution >= 0.6 is 0 Å². The predicted octanol–water partition coefficient (Wildman–Crippen LogP) is 2.38. The maximum atomic E-state index is 12.2. The van der Waals surface area contributed by atoms with Gasteiger partial charge < -0.3 is 20.1 Å². The standard InChI is InChI=1S/C16H32N2O3/c1-15(2,3)21-14(20)18-9-6-7-13(18)11-17-12-16(4,5)8-10-19/h13,17,19H,6-12H2,1-5H3. The predicted molar refractivity (Wildman–Crippen MR) is 84.3 cm³/mol. The number of likely N-dealkylation sites (tertiary alicyclic amines) is 1. The molecule has 0 aromatic rings. The quantitative estimate of drug-likeness (QED) is 0.790. The van der Waals surface area contributed by atoms with Gasteiger partial charge in [0.25, 0.3) is 0 Å². The molecule has 1 aliphatic heterocycles. The average Bonchev–Trinajstić information content (AvgIpc) is 2.74. The number of amides is 1. The number of carbonyl (C=O) groups excluding carboxylic acids is 1. The van der Waals surface area contributed by atoms with Crippen molar-refractivity contribution in [2.75, 3.05) is 26.2 Å². The fraction of sp³-hybridized carbons (Fsp3) is 0.938. The molecule has 1 atom stereocenters. The highest BCUT2D eigenvalue weighted by atomic mass is 16.6. The van der Waals surface area contributed by atoms with Gasteiger partial charge in [0, 0.05) is 32.3 Å². The van der Waals surface area contributed by atoms with E-state index in [1.54, 1.807) is 0 Å². The van der Waals surface area contributed by atoms with Crippen LogP contribution in [-0.4, -0.2) is 54.0 Å². The van der Waals surface area contributed by atoms with Crippen LogP contribution in [0.3, 0.4) is 0 Å². The molecule has 0 radical (unpaired) electrons. The monoisotopic (exact) mass is 300 g/mol. The van der Waals surface area contributed by atoms with Gasteiger partial charge >= 0.3 is 6.09 Å². The zero-order chi connectivity index (χ0) is 16.1. The highest BCUT2D eigenvalue weighted by molar-refractivity contribution is 5.69. The largest absolute Gasteiger partial charge is 0.444 e. The van der Waals surface area contributed by atoms with Gasteiger partial charge in [-0.1, -0.05) is 13.8 Å². The molecule has 1 amide bonds. The van der Waals surface area contributed by atoms with E-state index in [-0.39, 0.29) is 24.2 Å². The van der Waals surface area contributed by atoms with Crippen molar-refractivity contribution in [3.63, 3.8) is 0 Å². The molecular formula is C16H32N2O3. The molecule has 0 bridgehead atoms. The van der Waals surface area contributed by atoms with E-state index in [0.717, 1.165) is 38.9 Å². The van der Waals surface area contributed by atoms with E-state index in [1.807, 2.05) is 25.7 Å². The van der Waals surface area contributed by atoms with Gasteiger partial charge in [-0.15, -0.1) is 0 Å². The summed E-state index contributed by atoms with van der Waals surface area (Å²) < 4.78 is 5.46. The Balaban J connectivity index is 2.42. The molecule has 5 nitrogen and oxygen atoms in total. The second-order valence-electron chi connectivity index (χ2n) is 7.74. The van der Waals surface area contributed by atoms with Crippen molar-refractivity contribution < 1.29 is 14.6 Å². The van der Waals surface area contributed by atoms with Crippen molar-refractivity contribution in [3.8, 4) is 0 Å². The molecule has 1 saturated heterocycles. The lowest BCUT2D eigenvalue weighted by molar-refractivity contribution is 0.0225. The van der Waals surface area contributed by atoms with Crippen molar-refractivity contribution in [2.45, 2.75) is 65.5 Å². The molecule has 5 heteroatoms. The SMILES string of the molecule is CC(C)(CCO)CNCC1CCCN1C(=O)OC(C)(C)C. The Morgan fingerprint density at radius 3 is 2.57 bits per heavy atom. The van der Waals surface area contributed by atoms with Crippen LogP contribution in [-0.2, 0) is 4.74 Å². The number of aliphatic hydroxyl groups excluding tert-OH is 1. The van der Waals surface area contributed by atoms with Gasteiger partial charge in [0.15, 0.2) is 0 Å². The van der Waals surface area contributed by atoms with Crippen LogP contribution < -0.4 is 5.32 Å². The molecule has 0 saturated carbocycles. The first kappa shape index (κ1) is 18.2. The van der Waals surface area contributed by atoms with Gasteiger partial charge in [-0.25, -0.2) is 4.79 Å². The molecule has 21 heavy (non-hydrogen) atoms. The molecule has 0 spiro atoms. The third-order valence-electron chi connectivity index (χ3n) is 3.78. The van der Waals surface area contributed by atoms with E-state index >= 15 is 0 Å². The molecule has 1 unspecified atom stereocenters. The number of aliphatic hydroxyl groups is 1. The first-order valence-corrected chi connectivity index (χ1v) is 7.96. The van der Waals surface area contributed by atoms with Gasteiger partial charge in [0.05, 0.1) is 0 Å². The number of nitrogens with zero attached hydrogens (tertiary/aromatic N) is 1. The normalized spacial score (nSPS) is 19.9. The van der Waals surface area contributed by atoms with Gasteiger partial charge in [-0.2, -0.15) is 0 Å². The van der Waals surface area contributed by atoms with Crippen molar-refractivity contribution in [1.82, 2.24) is 10.2 Å². The van der Waals surface area contributed by atoms with E-state index in [0.29, 0.717) is 0 Å². The third kappa shape index (κ3) is 6.66. The maximum absolute atomic E-state index is 12.2. The molecule has 0 aromatic heterocycles. The summed E-state index contributed by atoms with van der Waals surface area (Å²) in [6.07, 6.45) is 2.63. The summed E-state index contributed by atoms with van der Waals surface area (Å²) in [4.78, 5) is 14.0. The van der Waals surface area contributed by atoms with E-state index in [1.165, 1.54) is 0 Å². The van der Waals surface area contributed by atoms with Crippen molar-refractivity contribution in [2.24, 2.45) is 5.41 Å². The van der Waals surface area contributed by atoms with Crippen LogP contribution in [0.25, 0.3) is 0 Å². The van der Waals surface area contributed by atoms with Crippen LogP contribution in [0.5, 0.6) is 0 Å². The number of rotatable bonds is 6. The smallest absolute Gasteiger partial charge is 0.410 e. The van der Waals surface area contributed by atoms with E-state index in [2.05, 4.69) is 19.2 Å². The second kappa shape index (κ2) is 7.45. The van der Waals surface area contributed by atoms with Gasteiger partial charge in [-0.05, 0) is 45.4 Å². The summed E-state index contributed by atoms with van der Waals surface area (Å²) in [6.45, 7) is 12.6. The third-order valence-corrected chi connectivity index (χ3v) is 3.78. The Hall–Kier alpha value is -0.810. The van der Waals surface area contributed by atoms with Crippen LogP contribution in [0.1, 0.15) is 53.9 Å². The molecule has 2 N–H and O–H groups in total. The first-order chi connectivity index (χ1) is 9.64. The summed E-state index contributed by atoms with van der Waals surface area (Å²) in [6, 6.07) is 0.213. The number of ether oxygens (including phenoxy) is 1. The molecule has 0 aromatic carbocycles.